The van der Waals surface area contributed by atoms with Crippen molar-refractivity contribution in [3.8, 4) is 0 Å². The quantitative estimate of drug-likeness (QED) is 0.776. The minimum Gasteiger partial charge on any atom is -0.295 e. The first kappa shape index (κ1) is 14.5. The maximum Gasteiger partial charge on any atom is 0.238 e. The monoisotopic (exact) mass is 369 g/mol. The Kier molecular flexibility index (Phi) is 3.99. The van der Waals surface area contributed by atoms with Gasteiger partial charge in [-0.15, -0.1) is 11.8 Å². The number of rotatable bonds is 2. The molecule has 1 atom stereocenters. The molecule has 2 nitrogen and oxygen atoms in total. The molecule has 1 heterocycles. The van der Waals surface area contributed by atoms with Crippen molar-refractivity contribution >= 4 is 39.3 Å². The Labute approximate surface area is 133 Å². The first-order valence-electron chi connectivity index (χ1n) is 6.21. The third-order valence-electron chi connectivity index (χ3n) is 3.20. The largest absolute Gasteiger partial charge is 0.295 e. The Morgan fingerprint density at radius 2 is 1.81 bits per heavy atom. The van der Waals surface area contributed by atoms with Crippen LogP contribution in [0, 0.1) is 11.6 Å². The van der Waals surface area contributed by atoms with Crippen molar-refractivity contribution < 1.29 is 13.6 Å². The standard InChI is InChI=1S/C15H10BrF2NOS/c16-9-3-1-4-10(7-9)19-13(20)8-21-15(19)14-11(17)5-2-6-12(14)18/h1-7,15H,8H2. The van der Waals surface area contributed by atoms with E-state index in [0.29, 0.717) is 5.69 Å². The van der Waals surface area contributed by atoms with E-state index in [9.17, 15) is 13.6 Å². The minimum absolute atomic E-state index is 0.0756. The number of benzene rings is 2. The van der Waals surface area contributed by atoms with Gasteiger partial charge in [0.05, 0.1) is 11.3 Å². The molecule has 2 aromatic rings. The number of halogens is 3. The van der Waals surface area contributed by atoms with Crippen LogP contribution < -0.4 is 4.90 Å². The molecule has 0 spiro atoms. The Morgan fingerprint density at radius 3 is 2.48 bits per heavy atom. The third-order valence-corrected chi connectivity index (χ3v) is 4.87. The molecule has 1 fully saturated rings. The van der Waals surface area contributed by atoms with Gasteiger partial charge >= 0.3 is 0 Å². The molecule has 0 radical (unpaired) electrons. The molecular weight excluding hydrogens is 360 g/mol. The predicted octanol–water partition coefficient (Wildman–Crippen LogP) is 4.51. The van der Waals surface area contributed by atoms with E-state index in [4.69, 9.17) is 0 Å². The van der Waals surface area contributed by atoms with Gasteiger partial charge in [-0.1, -0.05) is 28.1 Å². The molecule has 21 heavy (non-hydrogen) atoms. The summed E-state index contributed by atoms with van der Waals surface area (Å²) in [4.78, 5) is 13.6. The van der Waals surface area contributed by atoms with Gasteiger partial charge in [-0.25, -0.2) is 8.78 Å². The molecule has 0 aromatic heterocycles. The first-order valence-corrected chi connectivity index (χ1v) is 8.05. The number of carbonyl (C=O) groups is 1. The predicted molar refractivity (Wildman–Crippen MR) is 83.2 cm³/mol. The van der Waals surface area contributed by atoms with Crippen molar-refractivity contribution in [2.24, 2.45) is 0 Å². The lowest BCUT2D eigenvalue weighted by Gasteiger charge is -2.25. The number of hydrogen-bond donors (Lipinski definition) is 0. The molecule has 1 aliphatic rings. The second kappa shape index (κ2) is 5.77. The van der Waals surface area contributed by atoms with Crippen LogP contribution in [0.15, 0.2) is 46.9 Å². The number of anilines is 1. The van der Waals surface area contributed by atoms with Gasteiger partial charge in [0.2, 0.25) is 5.91 Å². The van der Waals surface area contributed by atoms with Crippen LogP contribution in [0.1, 0.15) is 10.9 Å². The maximum atomic E-state index is 14.0. The fourth-order valence-electron chi connectivity index (χ4n) is 2.29. The zero-order valence-electron chi connectivity index (χ0n) is 10.7. The molecule has 2 aromatic carbocycles. The lowest BCUT2D eigenvalue weighted by Crippen LogP contribution is -2.28. The fraction of sp³-hybridized carbons (Fsp3) is 0.133. The first-order chi connectivity index (χ1) is 10.1. The van der Waals surface area contributed by atoms with Crippen LogP contribution in [0.5, 0.6) is 0 Å². The molecule has 0 N–H and O–H groups in total. The number of carbonyl (C=O) groups excluding carboxylic acids is 1. The molecule has 1 aliphatic heterocycles. The molecule has 0 bridgehead atoms. The summed E-state index contributed by atoms with van der Waals surface area (Å²) >= 11 is 4.56. The van der Waals surface area contributed by atoms with Gasteiger partial charge in [0.15, 0.2) is 0 Å². The maximum absolute atomic E-state index is 14.0. The number of nitrogens with zero attached hydrogens (tertiary/aromatic N) is 1. The van der Waals surface area contributed by atoms with Crippen LogP contribution in [0.3, 0.4) is 0 Å². The minimum atomic E-state index is -0.687. The summed E-state index contributed by atoms with van der Waals surface area (Å²) in [6, 6.07) is 10.9. The van der Waals surface area contributed by atoms with Crippen LogP contribution in [-0.2, 0) is 4.79 Å². The molecule has 1 unspecified atom stereocenters. The average molecular weight is 370 g/mol. The number of hydrogen-bond acceptors (Lipinski definition) is 2. The van der Waals surface area contributed by atoms with Crippen LogP contribution in [-0.4, -0.2) is 11.7 Å². The summed E-state index contributed by atoms with van der Waals surface area (Å²) < 4.78 is 28.8. The zero-order valence-corrected chi connectivity index (χ0v) is 13.1. The van der Waals surface area contributed by atoms with Crippen molar-refractivity contribution in [1.82, 2.24) is 0 Å². The summed E-state index contributed by atoms with van der Waals surface area (Å²) in [7, 11) is 0. The zero-order chi connectivity index (χ0) is 15.0. The van der Waals surface area contributed by atoms with Gasteiger partial charge in [-0.3, -0.25) is 9.69 Å². The molecule has 108 valence electrons. The Hall–Kier alpha value is -1.40. The van der Waals surface area contributed by atoms with Crippen molar-refractivity contribution in [1.29, 1.82) is 0 Å². The van der Waals surface area contributed by atoms with Gasteiger partial charge in [-0.2, -0.15) is 0 Å². The van der Waals surface area contributed by atoms with E-state index in [2.05, 4.69) is 15.9 Å². The fourth-order valence-corrected chi connectivity index (χ4v) is 3.90. The van der Waals surface area contributed by atoms with Gasteiger partial charge in [0.1, 0.15) is 17.0 Å². The second-order valence-corrected chi connectivity index (χ2v) is 6.53. The summed E-state index contributed by atoms with van der Waals surface area (Å²) in [5.41, 5.74) is 0.542. The normalized spacial score (nSPS) is 18.3. The van der Waals surface area contributed by atoms with E-state index < -0.39 is 17.0 Å². The third kappa shape index (κ3) is 2.70. The van der Waals surface area contributed by atoms with Crippen molar-refractivity contribution in [3.05, 3.63) is 64.1 Å². The van der Waals surface area contributed by atoms with Crippen LogP contribution >= 0.6 is 27.7 Å². The smallest absolute Gasteiger partial charge is 0.238 e. The van der Waals surface area contributed by atoms with Crippen LogP contribution in [0.25, 0.3) is 0 Å². The van der Waals surface area contributed by atoms with E-state index in [1.165, 1.54) is 34.9 Å². The van der Waals surface area contributed by atoms with Gasteiger partial charge in [0, 0.05) is 10.2 Å². The summed E-state index contributed by atoms with van der Waals surface area (Å²) in [5, 5.41) is -0.687. The molecule has 1 amide bonds. The highest BCUT2D eigenvalue weighted by Crippen LogP contribution is 2.43. The lowest BCUT2D eigenvalue weighted by molar-refractivity contribution is -0.115. The Balaban J connectivity index is 2.08. The molecule has 6 heteroatoms. The van der Waals surface area contributed by atoms with E-state index in [0.717, 1.165) is 4.47 Å². The topological polar surface area (TPSA) is 20.3 Å². The molecular formula is C15H10BrF2NOS. The summed E-state index contributed by atoms with van der Waals surface area (Å²) in [6.07, 6.45) is 0. The van der Waals surface area contributed by atoms with Gasteiger partial charge in [0.25, 0.3) is 0 Å². The lowest BCUT2D eigenvalue weighted by atomic mass is 10.1. The SMILES string of the molecule is O=C1CSC(c2c(F)cccc2F)N1c1cccc(Br)c1. The Morgan fingerprint density at radius 1 is 1.14 bits per heavy atom. The number of thioether (sulfide) groups is 1. The second-order valence-electron chi connectivity index (χ2n) is 4.54. The van der Waals surface area contributed by atoms with Gasteiger partial charge < -0.3 is 0 Å². The number of amides is 1. The molecule has 1 saturated heterocycles. The summed E-state index contributed by atoms with van der Waals surface area (Å²) in [5.74, 6) is -1.24. The van der Waals surface area contributed by atoms with E-state index in [1.54, 1.807) is 18.2 Å². The van der Waals surface area contributed by atoms with Crippen molar-refractivity contribution in [2.45, 2.75) is 5.37 Å². The summed E-state index contributed by atoms with van der Waals surface area (Å²) in [6.45, 7) is 0. The average Bonchev–Trinajstić information content (AvgIpc) is 2.80. The Bertz CT molecular complexity index is 690. The molecule has 3 rings (SSSR count). The van der Waals surface area contributed by atoms with E-state index in [1.807, 2.05) is 6.07 Å². The molecule has 0 saturated carbocycles. The van der Waals surface area contributed by atoms with Gasteiger partial charge in [-0.05, 0) is 30.3 Å². The van der Waals surface area contributed by atoms with Crippen LogP contribution in [0.2, 0.25) is 0 Å². The van der Waals surface area contributed by atoms with Crippen LogP contribution in [0.4, 0.5) is 14.5 Å². The molecule has 0 aliphatic carbocycles. The van der Waals surface area contributed by atoms with E-state index >= 15 is 0 Å². The van der Waals surface area contributed by atoms with Crippen molar-refractivity contribution in [2.75, 3.05) is 10.7 Å². The highest BCUT2D eigenvalue weighted by Gasteiger charge is 2.37. The van der Waals surface area contributed by atoms with Crippen molar-refractivity contribution in [3.63, 3.8) is 0 Å². The highest BCUT2D eigenvalue weighted by atomic mass is 79.9. The highest BCUT2D eigenvalue weighted by molar-refractivity contribution is 9.10. The van der Waals surface area contributed by atoms with E-state index in [-0.39, 0.29) is 17.2 Å².